The van der Waals surface area contributed by atoms with Crippen molar-refractivity contribution in [1.29, 1.82) is 0 Å². The van der Waals surface area contributed by atoms with Crippen molar-refractivity contribution in [2.24, 2.45) is 0 Å². The zero-order chi connectivity index (χ0) is 21.8. The Hall–Kier alpha value is -2.57. The SMILES string of the molecule is Cc1ccc2c(c1)[C@]1(SC(C)(C)CN1C(=O)c1cccs1)C(=O)N2Cc1ccccc1. The van der Waals surface area contributed by atoms with Crippen LogP contribution in [-0.4, -0.2) is 28.0 Å². The fourth-order valence-electron chi connectivity index (χ4n) is 4.57. The number of nitrogens with zero attached hydrogens (tertiary/aromatic N) is 2. The van der Waals surface area contributed by atoms with E-state index < -0.39 is 4.87 Å². The number of rotatable bonds is 3. The van der Waals surface area contributed by atoms with Gasteiger partial charge in [0.1, 0.15) is 0 Å². The van der Waals surface area contributed by atoms with Gasteiger partial charge in [-0.2, -0.15) is 0 Å². The minimum Gasteiger partial charge on any atom is -0.309 e. The van der Waals surface area contributed by atoms with E-state index in [1.807, 2.05) is 76.7 Å². The number of anilines is 1. The zero-order valence-corrected chi connectivity index (χ0v) is 19.4. The Morgan fingerprint density at radius 3 is 2.55 bits per heavy atom. The molecule has 1 aromatic heterocycles. The first-order valence-electron chi connectivity index (χ1n) is 10.3. The molecule has 1 spiro atoms. The van der Waals surface area contributed by atoms with E-state index in [-0.39, 0.29) is 16.6 Å². The van der Waals surface area contributed by atoms with Gasteiger partial charge in [-0.05, 0) is 43.8 Å². The van der Waals surface area contributed by atoms with Crippen molar-refractivity contribution in [2.45, 2.75) is 36.9 Å². The molecule has 2 amide bonds. The van der Waals surface area contributed by atoms with Gasteiger partial charge in [-0.25, -0.2) is 0 Å². The number of carbonyl (C=O) groups is 2. The second-order valence-electron chi connectivity index (χ2n) is 8.77. The van der Waals surface area contributed by atoms with Crippen molar-refractivity contribution in [2.75, 3.05) is 11.4 Å². The maximum absolute atomic E-state index is 14.2. The number of thiophene rings is 1. The standard InChI is InChI=1S/C25H24N2O2S2/c1-17-11-12-20-19(14-17)25(23(29)26(20)15-18-8-5-4-6-9-18)27(16-24(2,3)31-25)22(28)21-10-7-13-30-21/h4-14H,15-16H2,1-3H3/t25-/m0/s1. The van der Waals surface area contributed by atoms with Gasteiger partial charge in [0.2, 0.25) is 0 Å². The average Bonchev–Trinajstić information content (AvgIpc) is 3.43. The second-order valence-corrected chi connectivity index (χ2v) is 11.6. The van der Waals surface area contributed by atoms with Crippen LogP contribution < -0.4 is 4.90 Å². The molecule has 1 atom stereocenters. The maximum atomic E-state index is 14.2. The third kappa shape index (κ3) is 3.20. The highest BCUT2D eigenvalue weighted by atomic mass is 32.2. The summed E-state index contributed by atoms with van der Waals surface area (Å²) in [7, 11) is 0. The lowest BCUT2D eigenvalue weighted by Crippen LogP contribution is -2.50. The molecule has 1 fully saturated rings. The molecule has 3 heterocycles. The van der Waals surface area contributed by atoms with E-state index in [0.29, 0.717) is 18.0 Å². The van der Waals surface area contributed by atoms with Crippen molar-refractivity contribution < 1.29 is 9.59 Å². The van der Waals surface area contributed by atoms with Crippen molar-refractivity contribution >= 4 is 40.6 Å². The van der Waals surface area contributed by atoms with Gasteiger partial charge >= 0.3 is 0 Å². The topological polar surface area (TPSA) is 40.6 Å². The number of thioether (sulfide) groups is 1. The first-order chi connectivity index (χ1) is 14.8. The summed E-state index contributed by atoms with van der Waals surface area (Å²) < 4.78 is -0.244. The Kier molecular flexibility index (Phi) is 4.75. The van der Waals surface area contributed by atoms with E-state index in [9.17, 15) is 9.59 Å². The van der Waals surface area contributed by atoms with Crippen LogP contribution in [0.1, 0.15) is 40.2 Å². The van der Waals surface area contributed by atoms with Crippen LogP contribution in [0.25, 0.3) is 0 Å². The third-order valence-corrected chi connectivity index (χ3v) is 8.30. The Morgan fingerprint density at radius 2 is 1.84 bits per heavy atom. The van der Waals surface area contributed by atoms with Crippen LogP contribution in [0.4, 0.5) is 5.69 Å². The lowest BCUT2D eigenvalue weighted by molar-refractivity contribution is -0.123. The molecule has 5 rings (SSSR count). The molecule has 3 aromatic rings. The summed E-state index contributed by atoms with van der Waals surface area (Å²) in [6.07, 6.45) is 0. The van der Waals surface area contributed by atoms with Crippen LogP contribution in [0.15, 0.2) is 66.0 Å². The number of hydrogen-bond donors (Lipinski definition) is 0. The summed E-state index contributed by atoms with van der Waals surface area (Å²) >= 11 is 3.03. The summed E-state index contributed by atoms with van der Waals surface area (Å²) in [4.78, 5) is 31.1. The van der Waals surface area contributed by atoms with E-state index in [0.717, 1.165) is 22.4 Å². The van der Waals surface area contributed by atoms with Gasteiger partial charge in [-0.3, -0.25) is 9.59 Å². The van der Waals surface area contributed by atoms with Gasteiger partial charge in [-0.1, -0.05) is 54.1 Å². The van der Waals surface area contributed by atoms with Crippen molar-refractivity contribution in [3.63, 3.8) is 0 Å². The van der Waals surface area contributed by atoms with Gasteiger partial charge in [0, 0.05) is 16.9 Å². The first kappa shape index (κ1) is 20.3. The van der Waals surface area contributed by atoms with Crippen LogP contribution in [0.3, 0.4) is 0 Å². The predicted molar refractivity (Wildman–Crippen MR) is 128 cm³/mol. The monoisotopic (exact) mass is 448 g/mol. The minimum absolute atomic E-state index is 0.0302. The molecule has 4 nitrogen and oxygen atoms in total. The van der Waals surface area contributed by atoms with Gasteiger partial charge in [-0.15, -0.1) is 23.1 Å². The van der Waals surface area contributed by atoms with Crippen LogP contribution in [0.2, 0.25) is 0 Å². The Balaban J connectivity index is 1.67. The van der Waals surface area contributed by atoms with E-state index >= 15 is 0 Å². The molecule has 6 heteroatoms. The van der Waals surface area contributed by atoms with Gasteiger partial charge in [0.25, 0.3) is 11.8 Å². The Morgan fingerprint density at radius 1 is 1.06 bits per heavy atom. The van der Waals surface area contributed by atoms with E-state index in [2.05, 4.69) is 19.9 Å². The molecule has 0 radical (unpaired) electrons. The lowest BCUT2D eigenvalue weighted by atomic mass is 10.0. The Bertz CT molecular complexity index is 1160. The maximum Gasteiger partial charge on any atom is 0.268 e. The normalized spacial score (nSPS) is 21.7. The van der Waals surface area contributed by atoms with Crippen molar-refractivity contribution in [1.82, 2.24) is 4.90 Å². The molecule has 0 saturated carbocycles. The van der Waals surface area contributed by atoms with Crippen LogP contribution in [-0.2, 0) is 16.2 Å². The number of carbonyl (C=O) groups excluding carboxylic acids is 2. The summed E-state index contributed by atoms with van der Waals surface area (Å²) in [6.45, 7) is 7.27. The van der Waals surface area contributed by atoms with Gasteiger partial charge in [0.05, 0.1) is 17.1 Å². The molecule has 158 valence electrons. The second kappa shape index (κ2) is 7.24. The molecule has 0 N–H and O–H groups in total. The highest BCUT2D eigenvalue weighted by Crippen LogP contribution is 2.60. The molecule has 1 saturated heterocycles. The summed E-state index contributed by atoms with van der Waals surface area (Å²) in [6, 6.07) is 19.9. The lowest BCUT2D eigenvalue weighted by Gasteiger charge is -2.33. The summed E-state index contributed by atoms with van der Waals surface area (Å²) in [5.41, 5.74) is 3.97. The van der Waals surface area contributed by atoms with Gasteiger partial charge in [0.15, 0.2) is 4.87 Å². The fraction of sp³-hybridized carbons (Fsp3) is 0.280. The van der Waals surface area contributed by atoms with E-state index in [1.165, 1.54) is 11.3 Å². The van der Waals surface area contributed by atoms with Crippen LogP contribution in [0, 0.1) is 6.92 Å². The molecule has 0 unspecified atom stereocenters. The molecule has 2 aliphatic rings. The van der Waals surface area contributed by atoms with Gasteiger partial charge < -0.3 is 9.80 Å². The quantitative estimate of drug-likeness (QED) is 0.537. The fourth-order valence-corrected chi connectivity index (χ4v) is 6.97. The van der Waals surface area contributed by atoms with Crippen molar-refractivity contribution in [3.8, 4) is 0 Å². The Labute approximate surface area is 190 Å². The van der Waals surface area contributed by atoms with Crippen molar-refractivity contribution in [3.05, 3.63) is 87.6 Å². The molecule has 0 aliphatic carbocycles. The first-order valence-corrected chi connectivity index (χ1v) is 12.0. The number of amides is 2. The largest absolute Gasteiger partial charge is 0.309 e. The molecular weight excluding hydrogens is 424 g/mol. The van der Waals surface area contributed by atoms with Crippen LogP contribution in [0.5, 0.6) is 0 Å². The summed E-state index contributed by atoms with van der Waals surface area (Å²) in [5, 5.41) is 1.91. The highest BCUT2D eigenvalue weighted by molar-refractivity contribution is 8.02. The number of aryl methyl sites for hydroxylation is 1. The summed E-state index contributed by atoms with van der Waals surface area (Å²) in [5.74, 6) is -0.104. The third-order valence-electron chi connectivity index (χ3n) is 5.85. The number of benzene rings is 2. The molecule has 31 heavy (non-hydrogen) atoms. The van der Waals surface area contributed by atoms with E-state index in [4.69, 9.17) is 0 Å². The minimum atomic E-state index is -1.04. The molecule has 2 aliphatic heterocycles. The zero-order valence-electron chi connectivity index (χ0n) is 17.8. The van der Waals surface area contributed by atoms with Crippen LogP contribution >= 0.6 is 23.1 Å². The molecule has 0 bridgehead atoms. The predicted octanol–water partition coefficient (Wildman–Crippen LogP) is 5.42. The number of fused-ring (bicyclic) bond motifs is 2. The smallest absolute Gasteiger partial charge is 0.268 e. The highest BCUT2D eigenvalue weighted by Gasteiger charge is 2.63. The molecule has 2 aromatic carbocycles. The number of hydrogen-bond acceptors (Lipinski definition) is 4. The average molecular weight is 449 g/mol. The van der Waals surface area contributed by atoms with E-state index in [1.54, 1.807) is 11.8 Å². The molecular formula is C25H24N2O2S2.